The molecule has 0 radical (unpaired) electrons. The van der Waals surface area contributed by atoms with Gasteiger partial charge in [-0.05, 0) is 37.7 Å². The van der Waals surface area contributed by atoms with E-state index in [1.165, 1.54) is 4.90 Å². The summed E-state index contributed by atoms with van der Waals surface area (Å²) in [6, 6.07) is 6.34. The summed E-state index contributed by atoms with van der Waals surface area (Å²) in [4.78, 5) is 40.5. The van der Waals surface area contributed by atoms with Crippen molar-refractivity contribution in [2.24, 2.45) is 4.99 Å². The highest BCUT2D eigenvalue weighted by Gasteiger charge is 2.54. The van der Waals surface area contributed by atoms with Crippen molar-refractivity contribution < 1.29 is 9.59 Å². The van der Waals surface area contributed by atoms with Crippen molar-refractivity contribution in [1.82, 2.24) is 24.5 Å². The number of fused-ring (bicyclic) bond motifs is 3. The molecule has 2 unspecified atom stereocenters. The first-order valence-electron chi connectivity index (χ1n) is 10.7. The summed E-state index contributed by atoms with van der Waals surface area (Å²) in [5.74, 6) is 0.513. The van der Waals surface area contributed by atoms with Crippen LogP contribution in [-0.4, -0.2) is 87.8 Å². The molecular weight excluding hydrogens is 416 g/mol. The number of likely N-dealkylation sites (N-methyl/N-ethyl adjacent to an activating group) is 2. The van der Waals surface area contributed by atoms with Gasteiger partial charge in [-0.25, -0.2) is 9.79 Å². The van der Waals surface area contributed by atoms with Gasteiger partial charge < -0.3 is 19.6 Å². The van der Waals surface area contributed by atoms with Gasteiger partial charge in [-0.1, -0.05) is 37.6 Å². The molecule has 3 aliphatic rings. The Morgan fingerprint density at radius 2 is 1.90 bits per heavy atom. The third-order valence-electron chi connectivity index (χ3n) is 6.27. The lowest BCUT2D eigenvalue weighted by atomic mass is 10.1. The molecule has 0 aromatic heterocycles. The summed E-state index contributed by atoms with van der Waals surface area (Å²) < 4.78 is 0. The summed E-state index contributed by atoms with van der Waals surface area (Å²) >= 11 is 6.09. The highest BCUT2D eigenvalue weighted by Crippen LogP contribution is 2.34. The molecule has 1 fully saturated rings. The van der Waals surface area contributed by atoms with Gasteiger partial charge in [0.25, 0.3) is 5.91 Å². The average molecular weight is 445 g/mol. The first-order chi connectivity index (χ1) is 14.8. The molecule has 0 saturated carbocycles. The van der Waals surface area contributed by atoms with Crippen LogP contribution in [0.15, 0.2) is 41.2 Å². The number of amides is 3. The Kier molecular flexibility index (Phi) is 5.94. The van der Waals surface area contributed by atoms with E-state index in [-0.39, 0.29) is 18.5 Å². The number of carbonyl (C=O) groups excluding carboxylic acids is 2. The fourth-order valence-corrected chi connectivity index (χ4v) is 4.64. The largest absolute Gasteiger partial charge is 0.328 e. The number of imide groups is 1. The van der Waals surface area contributed by atoms with Crippen molar-refractivity contribution in [1.29, 1.82) is 0 Å². The van der Waals surface area contributed by atoms with Crippen LogP contribution in [0.1, 0.15) is 26.3 Å². The zero-order chi connectivity index (χ0) is 22.3. The molecule has 0 aliphatic carbocycles. The number of benzene rings is 1. The number of halogens is 1. The van der Waals surface area contributed by atoms with Gasteiger partial charge in [0.2, 0.25) is 5.96 Å². The number of allylic oxidation sites excluding steroid dienone is 1. The maximum atomic E-state index is 13.4. The van der Waals surface area contributed by atoms with Gasteiger partial charge in [0.1, 0.15) is 0 Å². The normalized spacial score (nSPS) is 22.9. The number of aliphatic imine (C=N–C) groups is 1. The minimum Gasteiger partial charge on any atom is -0.313 e. The third kappa shape index (κ3) is 3.78. The zero-order valence-corrected chi connectivity index (χ0v) is 19.2. The number of nitrogens with zero attached hydrogens (tertiary/aromatic N) is 6. The topological polar surface area (TPSA) is 62.7 Å². The lowest BCUT2D eigenvalue weighted by Gasteiger charge is -2.40. The van der Waals surface area contributed by atoms with Crippen LogP contribution in [0.3, 0.4) is 0 Å². The van der Waals surface area contributed by atoms with Crippen molar-refractivity contribution in [3.63, 3.8) is 0 Å². The van der Waals surface area contributed by atoms with Crippen LogP contribution in [0.25, 0.3) is 0 Å². The lowest BCUT2D eigenvalue weighted by Crippen LogP contribution is -2.63. The summed E-state index contributed by atoms with van der Waals surface area (Å²) in [7, 11) is 1.71. The van der Waals surface area contributed by atoms with E-state index in [9.17, 15) is 9.59 Å². The van der Waals surface area contributed by atoms with Crippen LogP contribution in [0, 0.1) is 0 Å². The first-order valence-corrected chi connectivity index (χ1v) is 11.1. The average Bonchev–Trinajstić information content (AvgIpc) is 3.26. The molecule has 8 nitrogen and oxygen atoms in total. The van der Waals surface area contributed by atoms with E-state index >= 15 is 0 Å². The third-order valence-corrected chi connectivity index (χ3v) is 6.50. The van der Waals surface area contributed by atoms with E-state index in [2.05, 4.69) is 23.6 Å². The molecule has 3 amide bonds. The molecule has 1 aromatic carbocycles. The van der Waals surface area contributed by atoms with Gasteiger partial charge in [-0.2, -0.15) is 0 Å². The maximum Gasteiger partial charge on any atom is 0.328 e. The molecule has 3 aliphatic heterocycles. The minimum atomic E-state index is -0.551. The summed E-state index contributed by atoms with van der Waals surface area (Å²) in [6.07, 6.45) is 1.45. The molecule has 0 bridgehead atoms. The second-order valence-electron chi connectivity index (χ2n) is 8.09. The molecule has 0 spiro atoms. The van der Waals surface area contributed by atoms with E-state index < -0.39 is 12.2 Å². The van der Waals surface area contributed by atoms with E-state index in [0.29, 0.717) is 5.02 Å². The fraction of sp³-hybridized carbons (Fsp3) is 0.500. The van der Waals surface area contributed by atoms with Gasteiger partial charge in [0, 0.05) is 37.1 Å². The lowest BCUT2D eigenvalue weighted by molar-refractivity contribution is -0.137. The molecule has 31 heavy (non-hydrogen) atoms. The van der Waals surface area contributed by atoms with E-state index in [1.54, 1.807) is 24.1 Å². The van der Waals surface area contributed by atoms with Crippen LogP contribution in [0.5, 0.6) is 0 Å². The Hall–Kier alpha value is -2.58. The molecule has 1 saturated heterocycles. The SMILES string of the molecule is CCN(CC)CCN1C(C)=CN2C1=NC1C2C(=O)N(Cc2cccc(Cl)c2)C(=O)N1C. The van der Waals surface area contributed by atoms with Crippen LogP contribution < -0.4 is 0 Å². The second kappa shape index (κ2) is 8.51. The van der Waals surface area contributed by atoms with Crippen molar-refractivity contribution in [3.05, 3.63) is 46.7 Å². The Labute approximate surface area is 188 Å². The highest BCUT2D eigenvalue weighted by atomic mass is 35.5. The summed E-state index contributed by atoms with van der Waals surface area (Å²) in [6.45, 7) is 10.2. The van der Waals surface area contributed by atoms with E-state index in [0.717, 1.165) is 43.4 Å². The number of hydrogen-bond donors (Lipinski definition) is 0. The van der Waals surface area contributed by atoms with E-state index in [1.807, 2.05) is 30.2 Å². The Bertz CT molecular complexity index is 944. The monoisotopic (exact) mass is 444 g/mol. The molecule has 9 heteroatoms. The summed E-state index contributed by atoms with van der Waals surface area (Å²) in [5, 5.41) is 0.578. The van der Waals surface area contributed by atoms with Crippen LogP contribution in [-0.2, 0) is 11.3 Å². The molecular formula is C22H29ClN6O2. The molecule has 1 aromatic rings. The Balaban J connectivity index is 1.56. The molecule has 4 rings (SSSR count). The zero-order valence-electron chi connectivity index (χ0n) is 18.5. The van der Waals surface area contributed by atoms with Crippen molar-refractivity contribution >= 4 is 29.5 Å². The quantitative estimate of drug-likeness (QED) is 0.647. The molecule has 0 N–H and O–H groups in total. The van der Waals surface area contributed by atoms with E-state index in [4.69, 9.17) is 16.6 Å². The molecule has 2 atom stereocenters. The second-order valence-corrected chi connectivity index (χ2v) is 8.53. The van der Waals surface area contributed by atoms with Crippen molar-refractivity contribution in [2.75, 3.05) is 33.2 Å². The van der Waals surface area contributed by atoms with Crippen LogP contribution in [0.2, 0.25) is 5.02 Å². The molecule has 166 valence electrons. The summed E-state index contributed by atoms with van der Waals surface area (Å²) in [5.41, 5.74) is 1.87. The number of carbonyl (C=O) groups is 2. The van der Waals surface area contributed by atoms with Gasteiger partial charge in [0.05, 0.1) is 6.54 Å². The maximum absolute atomic E-state index is 13.4. The van der Waals surface area contributed by atoms with Crippen LogP contribution >= 0.6 is 11.6 Å². The van der Waals surface area contributed by atoms with Gasteiger partial charge in [-0.15, -0.1) is 0 Å². The van der Waals surface area contributed by atoms with Crippen LogP contribution in [0.4, 0.5) is 4.79 Å². The molecule has 3 heterocycles. The number of hydrogen-bond acceptors (Lipinski definition) is 6. The predicted octanol–water partition coefficient (Wildman–Crippen LogP) is 2.62. The Morgan fingerprint density at radius 1 is 1.16 bits per heavy atom. The smallest absolute Gasteiger partial charge is 0.313 e. The first kappa shape index (κ1) is 21.6. The highest BCUT2D eigenvalue weighted by molar-refractivity contribution is 6.30. The number of urea groups is 1. The van der Waals surface area contributed by atoms with Gasteiger partial charge in [-0.3, -0.25) is 9.69 Å². The standard InChI is InChI=1S/C22H29ClN6O2/c1-5-26(6-2)10-11-27-15(3)13-28-18-19(24-21(27)28)25(4)22(31)29(20(18)30)14-16-8-7-9-17(23)12-16/h7-9,12-13,18-19H,5-6,10-11,14H2,1-4H3. The van der Waals surface area contributed by atoms with Gasteiger partial charge in [0.15, 0.2) is 12.2 Å². The minimum absolute atomic E-state index is 0.184. The fourth-order valence-electron chi connectivity index (χ4n) is 4.42. The van der Waals surface area contributed by atoms with Crippen molar-refractivity contribution in [2.45, 2.75) is 39.5 Å². The predicted molar refractivity (Wildman–Crippen MR) is 120 cm³/mol. The van der Waals surface area contributed by atoms with Gasteiger partial charge >= 0.3 is 6.03 Å². The Morgan fingerprint density at radius 3 is 2.58 bits per heavy atom. The van der Waals surface area contributed by atoms with Crippen molar-refractivity contribution in [3.8, 4) is 0 Å². The number of guanidine groups is 1. The number of rotatable bonds is 7.